The largest absolute Gasteiger partial charge is 0.392 e. The highest BCUT2D eigenvalue weighted by atomic mass is 32.1. The summed E-state index contributed by atoms with van der Waals surface area (Å²) in [7, 11) is 1.91. The van der Waals surface area contributed by atoms with Crippen molar-refractivity contribution in [3.63, 3.8) is 0 Å². The first kappa shape index (κ1) is 11.4. The van der Waals surface area contributed by atoms with Crippen LogP contribution < -0.4 is 4.90 Å². The monoisotopic (exact) mass is 215 g/mol. The third-order valence-electron chi connectivity index (χ3n) is 1.81. The zero-order chi connectivity index (χ0) is 10.7. The summed E-state index contributed by atoms with van der Waals surface area (Å²) in [6, 6.07) is 0. The molecule has 0 aliphatic heterocycles. The van der Waals surface area contributed by atoms with Crippen LogP contribution in [0.5, 0.6) is 0 Å². The molecular weight excluding hydrogens is 198 g/mol. The van der Waals surface area contributed by atoms with E-state index in [2.05, 4.69) is 23.2 Å². The number of hydrogen-bond acceptors (Lipinski definition) is 5. The molecule has 1 atom stereocenters. The molecule has 1 N–H and O–H groups in total. The topological polar surface area (TPSA) is 49.2 Å². The van der Waals surface area contributed by atoms with Crippen molar-refractivity contribution in [1.29, 1.82) is 0 Å². The summed E-state index contributed by atoms with van der Waals surface area (Å²) in [6.45, 7) is 6.49. The normalized spacial score (nSPS) is 13.3. The van der Waals surface area contributed by atoms with Gasteiger partial charge in [-0.1, -0.05) is 13.8 Å². The molecule has 0 radical (unpaired) electrons. The molecule has 0 spiro atoms. The number of hydrogen-bond donors (Lipinski definition) is 1. The van der Waals surface area contributed by atoms with Crippen LogP contribution in [0.3, 0.4) is 0 Å². The van der Waals surface area contributed by atoms with Crippen molar-refractivity contribution < 1.29 is 5.11 Å². The average molecular weight is 215 g/mol. The van der Waals surface area contributed by atoms with Crippen molar-refractivity contribution in [3.8, 4) is 0 Å². The predicted octanol–water partition coefficient (Wildman–Crippen LogP) is 1.48. The van der Waals surface area contributed by atoms with Crippen molar-refractivity contribution in [3.05, 3.63) is 5.82 Å². The highest BCUT2D eigenvalue weighted by Crippen LogP contribution is 2.20. The summed E-state index contributed by atoms with van der Waals surface area (Å²) in [5, 5.41) is 10.1. The van der Waals surface area contributed by atoms with Gasteiger partial charge in [-0.25, -0.2) is 4.98 Å². The molecular formula is C9H17N3OS. The maximum absolute atomic E-state index is 9.21. The van der Waals surface area contributed by atoms with E-state index in [1.807, 2.05) is 11.9 Å². The maximum atomic E-state index is 9.21. The van der Waals surface area contributed by atoms with Crippen LogP contribution in [0, 0.1) is 0 Å². The molecule has 0 aliphatic rings. The van der Waals surface area contributed by atoms with Gasteiger partial charge in [0.1, 0.15) is 5.82 Å². The molecule has 0 saturated heterocycles. The minimum absolute atomic E-state index is 0.341. The number of rotatable bonds is 4. The van der Waals surface area contributed by atoms with Crippen LogP contribution >= 0.6 is 11.5 Å². The molecule has 1 heterocycles. The lowest BCUT2D eigenvalue weighted by Gasteiger charge is -2.16. The number of anilines is 1. The zero-order valence-corrected chi connectivity index (χ0v) is 9.88. The smallest absolute Gasteiger partial charge is 0.205 e. The molecule has 1 unspecified atom stereocenters. The van der Waals surface area contributed by atoms with E-state index in [9.17, 15) is 5.11 Å². The number of nitrogens with zero attached hydrogens (tertiary/aromatic N) is 3. The van der Waals surface area contributed by atoms with Gasteiger partial charge in [0.2, 0.25) is 5.13 Å². The first-order chi connectivity index (χ1) is 6.50. The molecule has 0 saturated carbocycles. The highest BCUT2D eigenvalue weighted by Gasteiger charge is 2.12. The third kappa shape index (κ3) is 2.92. The zero-order valence-electron chi connectivity index (χ0n) is 9.06. The first-order valence-electron chi connectivity index (χ1n) is 4.73. The maximum Gasteiger partial charge on any atom is 0.205 e. The fraction of sp³-hybridized carbons (Fsp3) is 0.778. The average Bonchev–Trinajstić information content (AvgIpc) is 2.50. The Morgan fingerprint density at radius 3 is 2.50 bits per heavy atom. The van der Waals surface area contributed by atoms with Crippen LogP contribution in [0.2, 0.25) is 0 Å². The SMILES string of the molecule is CC(O)CN(C)c1nc(C(C)C)ns1. The van der Waals surface area contributed by atoms with Crippen LogP contribution in [-0.4, -0.2) is 34.2 Å². The van der Waals surface area contributed by atoms with Crippen molar-refractivity contribution in [1.82, 2.24) is 9.36 Å². The Labute approximate surface area is 88.8 Å². The summed E-state index contributed by atoms with van der Waals surface area (Å²) in [5.41, 5.74) is 0. The van der Waals surface area contributed by atoms with E-state index in [1.54, 1.807) is 6.92 Å². The van der Waals surface area contributed by atoms with E-state index < -0.39 is 0 Å². The number of likely N-dealkylation sites (N-methyl/N-ethyl adjacent to an activating group) is 1. The molecule has 0 fully saturated rings. The second kappa shape index (κ2) is 4.70. The second-order valence-electron chi connectivity index (χ2n) is 3.82. The van der Waals surface area contributed by atoms with Crippen LogP contribution in [0.15, 0.2) is 0 Å². The first-order valence-corrected chi connectivity index (χ1v) is 5.51. The lowest BCUT2D eigenvalue weighted by molar-refractivity contribution is 0.201. The molecule has 14 heavy (non-hydrogen) atoms. The standard InChI is InChI=1S/C9H17N3OS/c1-6(2)8-10-9(14-11-8)12(4)5-7(3)13/h6-7,13H,5H2,1-4H3. The molecule has 5 heteroatoms. The predicted molar refractivity (Wildman–Crippen MR) is 58.9 cm³/mol. The Bertz CT molecular complexity index is 285. The lowest BCUT2D eigenvalue weighted by Crippen LogP contribution is -2.26. The Morgan fingerprint density at radius 2 is 2.07 bits per heavy atom. The highest BCUT2D eigenvalue weighted by molar-refractivity contribution is 7.09. The Hall–Kier alpha value is -0.680. The lowest BCUT2D eigenvalue weighted by atomic mass is 10.2. The van der Waals surface area contributed by atoms with E-state index in [1.165, 1.54) is 11.5 Å². The van der Waals surface area contributed by atoms with Gasteiger partial charge in [0, 0.05) is 31.0 Å². The van der Waals surface area contributed by atoms with E-state index in [0.29, 0.717) is 12.5 Å². The fourth-order valence-electron chi connectivity index (χ4n) is 1.09. The van der Waals surface area contributed by atoms with E-state index in [-0.39, 0.29) is 6.10 Å². The number of aromatic nitrogens is 2. The molecule has 80 valence electrons. The van der Waals surface area contributed by atoms with Gasteiger partial charge in [0.15, 0.2) is 0 Å². The van der Waals surface area contributed by atoms with Gasteiger partial charge in [-0.2, -0.15) is 4.37 Å². The van der Waals surface area contributed by atoms with Gasteiger partial charge in [-0.05, 0) is 6.92 Å². The molecule has 0 amide bonds. The molecule has 4 nitrogen and oxygen atoms in total. The Balaban J connectivity index is 2.66. The van der Waals surface area contributed by atoms with Crippen LogP contribution in [0.4, 0.5) is 5.13 Å². The van der Waals surface area contributed by atoms with Crippen LogP contribution in [0.25, 0.3) is 0 Å². The van der Waals surface area contributed by atoms with Crippen LogP contribution in [-0.2, 0) is 0 Å². The van der Waals surface area contributed by atoms with Crippen molar-refractivity contribution in [2.24, 2.45) is 0 Å². The number of aliphatic hydroxyl groups is 1. The quantitative estimate of drug-likeness (QED) is 0.826. The fourth-order valence-corrected chi connectivity index (χ4v) is 1.87. The van der Waals surface area contributed by atoms with Gasteiger partial charge in [0.25, 0.3) is 0 Å². The van der Waals surface area contributed by atoms with E-state index in [0.717, 1.165) is 11.0 Å². The van der Waals surface area contributed by atoms with E-state index in [4.69, 9.17) is 0 Å². The summed E-state index contributed by atoms with van der Waals surface area (Å²) in [4.78, 5) is 6.31. The molecule has 1 aromatic rings. The summed E-state index contributed by atoms with van der Waals surface area (Å²) < 4.78 is 4.25. The van der Waals surface area contributed by atoms with Crippen LogP contribution in [0.1, 0.15) is 32.5 Å². The van der Waals surface area contributed by atoms with Crippen molar-refractivity contribution in [2.75, 3.05) is 18.5 Å². The summed E-state index contributed by atoms with van der Waals surface area (Å²) in [5.74, 6) is 1.24. The molecule has 0 aliphatic carbocycles. The Morgan fingerprint density at radius 1 is 1.43 bits per heavy atom. The van der Waals surface area contributed by atoms with Gasteiger partial charge in [-0.3, -0.25) is 0 Å². The Kier molecular flexibility index (Phi) is 3.83. The molecule has 0 bridgehead atoms. The second-order valence-corrected chi connectivity index (χ2v) is 4.55. The molecule has 1 aromatic heterocycles. The third-order valence-corrected chi connectivity index (χ3v) is 2.66. The minimum Gasteiger partial charge on any atom is -0.392 e. The van der Waals surface area contributed by atoms with Gasteiger partial charge < -0.3 is 10.0 Å². The summed E-state index contributed by atoms with van der Waals surface area (Å²) in [6.07, 6.45) is -0.341. The van der Waals surface area contributed by atoms with E-state index >= 15 is 0 Å². The van der Waals surface area contributed by atoms with Gasteiger partial charge in [0.05, 0.1) is 6.10 Å². The molecule has 1 rings (SSSR count). The number of aliphatic hydroxyl groups excluding tert-OH is 1. The van der Waals surface area contributed by atoms with Crippen molar-refractivity contribution >= 4 is 16.7 Å². The van der Waals surface area contributed by atoms with Crippen molar-refractivity contribution in [2.45, 2.75) is 32.8 Å². The van der Waals surface area contributed by atoms with Gasteiger partial charge in [-0.15, -0.1) is 0 Å². The molecule has 0 aromatic carbocycles. The minimum atomic E-state index is -0.341. The van der Waals surface area contributed by atoms with Gasteiger partial charge >= 0.3 is 0 Å². The summed E-state index contributed by atoms with van der Waals surface area (Å²) >= 11 is 1.38.